The molecule has 2 N–H and O–H groups in total. The highest BCUT2D eigenvalue weighted by molar-refractivity contribution is 6.31. The van der Waals surface area contributed by atoms with Crippen LogP contribution in [0.2, 0.25) is 5.15 Å². The van der Waals surface area contributed by atoms with Crippen molar-refractivity contribution in [3.05, 3.63) is 59.5 Å². The Bertz CT molecular complexity index is 820. The molecule has 0 aliphatic heterocycles. The summed E-state index contributed by atoms with van der Waals surface area (Å²) in [6.07, 6.45) is 4.54. The van der Waals surface area contributed by atoms with E-state index >= 15 is 0 Å². The Hall–Kier alpha value is -2.66. The van der Waals surface area contributed by atoms with E-state index in [2.05, 4.69) is 20.5 Å². The largest absolute Gasteiger partial charge is 0.507 e. The quantitative estimate of drug-likeness (QED) is 0.574. The average molecular weight is 299 g/mol. The predicted octanol–water partition coefficient (Wildman–Crippen LogP) is 3.43. The molecule has 1 heterocycles. The molecule has 0 amide bonds. The number of aromatic hydroxyl groups is 1. The van der Waals surface area contributed by atoms with Gasteiger partial charge in [-0.1, -0.05) is 41.9 Å². The van der Waals surface area contributed by atoms with Crippen molar-refractivity contribution in [2.75, 3.05) is 5.43 Å². The Kier molecular flexibility index (Phi) is 3.66. The minimum absolute atomic E-state index is 0.157. The van der Waals surface area contributed by atoms with E-state index in [4.69, 9.17) is 11.6 Å². The molecule has 3 rings (SSSR count). The van der Waals surface area contributed by atoms with Gasteiger partial charge in [0, 0.05) is 18.0 Å². The van der Waals surface area contributed by atoms with E-state index in [1.165, 1.54) is 18.6 Å². The Morgan fingerprint density at radius 2 is 1.90 bits per heavy atom. The van der Waals surface area contributed by atoms with Gasteiger partial charge in [-0.25, -0.2) is 9.97 Å². The summed E-state index contributed by atoms with van der Waals surface area (Å²) in [6, 6.07) is 11.2. The zero-order valence-electron chi connectivity index (χ0n) is 10.9. The lowest BCUT2D eigenvalue weighted by Gasteiger charge is -2.05. The third-order valence-electron chi connectivity index (χ3n) is 2.97. The summed E-state index contributed by atoms with van der Waals surface area (Å²) < 4.78 is 0. The number of anilines is 1. The molecule has 0 aliphatic rings. The van der Waals surface area contributed by atoms with Crippen molar-refractivity contribution < 1.29 is 5.11 Å². The molecule has 0 spiro atoms. The van der Waals surface area contributed by atoms with Gasteiger partial charge in [-0.2, -0.15) is 5.10 Å². The maximum Gasteiger partial charge on any atom is 0.184 e. The number of nitrogens with one attached hydrogen (secondary N) is 1. The second-order valence-corrected chi connectivity index (χ2v) is 4.64. The minimum atomic E-state index is 0.157. The summed E-state index contributed by atoms with van der Waals surface area (Å²) in [6.45, 7) is 0. The van der Waals surface area contributed by atoms with Crippen LogP contribution in [-0.4, -0.2) is 21.3 Å². The number of phenolic OH excluding ortho intramolecular Hbond substituents is 1. The molecule has 0 saturated carbocycles. The van der Waals surface area contributed by atoms with Crippen molar-refractivity contribution >= 4 is 34.4 Å². The topological polar surface area (TPSA) is 70.4 Å². The Morgan fingerprint density at radius 1 is 1.10 bits per heavy atom. The van der Waals surface area contributed by atoms with Crippen LogP contribution in [0.5, 0.6) is 5.75 Å². The van der Waals surface area contributed by atoms with Crippen LogP contribution in [0.1, 0.15) is 5.56 Å². The van der Waals surface area contributed by atoms with Crippen LogP contribution in [0, 0.1) is 0 Å². The molecule has 104 valence electrons. The van der Waals surface area contributed by atoms with E-state index < -0.39 is 0 Å². The lowest BCUT2D eigenvalue weighted by atomic mass is 10.0. The van der Waals surface area contributed by atoms with Gasteiger partial charge in [0.15, 0.2) is 11.0 Å². The molecule has 1 aromatic heterocycles. The molecule has 0 bridgehead atoms. The van der Waals surface area contributed by atoms with Gasteiger partial charge in [-0.3, -0.25) is 5.43 Å². The lowest BCUT2D eigenvalue weighted by molar-refractivity contribution is 0.475. The normalized spacial score (nSPS) is 11.1. The third kappa shape index (κ3) is 2.78. The van der Waals surface area contributed by atoms with Crippen LogP contribution in [-0.2, 0) is 0 Å². The first-order chi connectivity index (χ1) is 10.3. The Labute approximate surface area is 125 Å². The Balaban J connectivity index is 1.93. The highest BCUT2D eigenvalue weighted by Crippen LogP contribution is 2.25. The van der Waals surface area contributed by atoms with Crippen molar-refractivity contribution in [2.24, 2.45) is 5.10 Å². The monoisotopic (exact) mass is 298 g/mol. The van der Waals surface area contributed by atoms with Crippen molar-refractivity contribution in [1.29, 1.82) is 0 Å². The molecule has 5 nitrogen and oxygen atoms in total. The SMILES string of the molecule is Oc1ccc2ccccc2c1/C=N\Nc1nccnc1Cl. The number of nitrogens with zero attached hydrogens (tertiary/aromatic N) is 3. The summed E-state index contributed by atoms with van der Waals surface area (Å²) >= 11 is 5.87. The second kappa shape index (κ2) is 5.76. The first kappa shape index (κ1) is 13.3. The molecule has 0 radical (unpaired) electrons. The molecule has 6 heteroatoms. The van der Waals surface area contributed by atoms with Crippen LogP contribution in [0.4, 0.5) is 5.82 Å². The number of benzene rings is 2. The van der Waals surface area contributed by atoms with E-state index in [-0.39, 0.29) is 10.9 Å². The van der Waals surface area contributed by atoms with Crippen LogP contribution >= 0.6 is 11.6 Å². The zero-order chi connectivity index (χ0) is 14.7. The van der Waals surface area contributed by atoms with Gasteiger partial charge in [0.2, 0.25) is 0 Å². The molecule has 0 fully saturated rings. The van der Waals surface area contributed by atoms with E-state index in [0.29, 0.717) is 11.4 Å². The molecule has 0 atom stereocenters. The van der Waals surface area contributed by atoms with Gasteiger partial charge >= 0.3 is 0 Å². The maximum absolute atomic E-state index is 9.99. The standard InChI is InChI=1S/C15H11ClN4O/c16-14-15(18-8-7-17-14)20-19-9-12-11-4-2-1-3-10(11)5-6-13(12)21/h1-9,21H,(H,18,20)/b19-9-. The smallest absolute Gasteiger partial charge is 0.184 e. The first-order valence-electron chi connectivity index (χ1n) is 6.22. The molecular formula is C15H11ClN4O. The molecule has 0 aliphatic carbocycles. The van der Waals surface area contributed by atoms with Gasteiger partial charge < -0.3 is 5.11 Å². The number of fused-ring (bicyclic) bond motifs is 1. The summed E-state index contributed by atoms with van der Waals surface area (Å²) in [7, 11) is 0. The van der Waals surface area contributed by atoms with Crippen molar-refractivity contribution in [3.63, 3.8) is 0 Å². The fourth-order valence-electron chi connectivity index (χ4n) is 1.97. The highest BCUT2D eigenvalue weighted by atomic mass is 35.5. The summed E-state index contributed by atoms with van der Waals surface area (Å²) in [5.41, 5.74) is 3.33. The van der Waals surface area contributed by atoms with E-state index in [9.17, 15) is 5.11 Å². The fourth-order valence-corrected chi connectivity index (χ4v) is 2.12. The lowest BCUT2D eigenvalue weighted by Crippen LogP contribution is -1.96. The van der Waals surface area contributed by atoms with Crippen molar-refractivity contribution in [3.8, 4) is 5.75 Å². The molecule has 0 unspecified atom stereocenters. The predicted molar refractivity (Wildman–Crippen MR) is 83.9 cm³/mol. The van der Waals surface area contributed by atoms with Gasteiger partial charge in [-0.05, 0) is 16.8 Å². The highest BCUT2D eigenvalue weighted by Gasteiger charge is 2.04. The van der Waals surface area contributed by atoms with Gasteiger partial charge in [0.05, 0.1) is 6.21 Å². The van der Waals surface area contributed by atoms with Crippen molar-refractivity contribution in [1.82, 2.24) is 9.97 Å². The number of hydrazone groups is 1. The average Bonchev–Trinajstić information content (AvgIpc) is 2.51. The molecule has 21 heavy (non-hydrogen) atoms. The fraction of sp³-hybridized carbons (Fsp3) is 0. The number of halogens is 1. The minimum Gasteiger partial charge on any atom is -0.507 e. The Morgan fingerprint density at radius 3 is 2.76 bits per heavy atom. The van der Waals surface area contributed by atoms with Crippen molar-refractivity contribution in [2.45, 2.75) is 0 Å². The van der Waals surface area contributed by atoms with Crippen LogP contribution < -0.4 is 5.43 Å². The molecular weight excluding hydrogens is 288 g/mol. The first-order valence-corrected chi connectivity index (χ1v) is 6.60. The molecule has 0 saturated heterocycles. The summed E-state index contributed by atoms with van der Waals surface area (Å²) in [5.74, 6) is 0.514. The number of rotatable bonds is 3. The third-order valence-corrected chi connectivity index (χ3v) is 3.24. The number of phenols is 1. The maximum atomic E-state index is 9.99. The van der Waals surface area contributed by atoms with E-state index in [1.54, 1.807) is 6.07 Å². The molecule has 2 aromatic carbocycles. The second-order valence-electron chi connectivity index (χ2n) is 4.29. The van der Waals surface area contributed by atoms with Gasteiger partial charge in [0.25, 0.3) is 0 Å². The van der Waals surface area contributed by atoms with Crippen LogP contribution in [0.15, 0.2) is 53.9 Å². The van der Waals surface area contributed by atoms with E-state index in [1.807, 2.05) is 30.3 Å². The molecule has 3 aromatic rings. The zero-order valence-corrected chi connectivity index (χ0v) is 11.6. The number of aromatic nitrogens is 2. The van der Waals surface area contributed by atoms with Crippen LogP contribution in [0.25, 0.3) is 10.8 Å². The van der Waals surface area contributed by atoms with Gasteiger partial charge in [-0.15, -0.1) is 0 Å². The van der Waals surface area contributed by atoms with Gasteiger partial charge in [0.1, 0.15) is 5.75 Å². The number of hydrogen-bond acceptors (Lipinski definition) is 5. The van der Waals surface area contributed by atoms with Crippen LogP contribution in [0.3, 0.4) is 0 Å². The summed E-state index contributed by atoms with van der Waals surface area (Å²) in [5, 5.41) is 16.2. The van der Waals surface area contributed by atoms with E-state index in [0.717, 1.165) is 10.8 Å². The summed E-state index contributed by atoms with van der Waals surface area (Å²) in [4.78, 5) is 7.90. The number of hydrogen-bond donors (Lipinski definition) is 2.